The molecule has 53 heavy (non-hydrogen) atoms. The quantitative estimate of drug-likeness (QED) is 0.184. The van der Waals surface area contributed by atoms with Gasteiger partial charge in [0.1, 0.15) is 23.4 Å². The van der Waals surface area contributed by atoms with Crippen LogP contribution in [-0.2, 0) is 15.6 Å². The van der Waals surface area contributed by atoms with E-state index in [2.05, 4.69) is 169 Å². The highest BCUT2D eigenvalue weighted by atomic mass is 16.5. The van der Waals surface area contributed by atoms with Crippen LogP contribution in [0.2, 0.25) is 0 Å². The monoisotopic (exact) mass is 695 g/mol. The zero-order chi connectivity index (χ0) is 36.8. The van der Waals surface area contributed by atoms with Gasteiger partial charge in [-0.25, -0.2) is 9.98 Å². The van der Waals surface area contributed by atoms with Gasteiger partial charge in [-0.05, 0) is 108 Å². The topological polar surface area (TPSA) is 47.0 Å². The summed E-state index contributed by atoms with van der Waals surface area (Å²) in [6.45, 7) is 17.7. The highest BCUT2D eigenvalue weighted by Crippen LogP contribution is 2.54. The number of hydrogen-bond donors (Lipinski definition) is 0. The van der Waals surface area contributed by atoms with Crippen molar-refractivity contribution in [3.05, 3.63) is 165 Å². The van der Waals surface area contributed by atoms with Crippen LogP contribution in [0.15, 0.2) is 120 Å². The molecule has 0 unspecified atom stereocenters. The Labute approximate surface area is 313 Å². The second kappa shape index (κ2) is 11.9. The molecule has 2 aliphatic heterocycles. The van der Waals surface area contributed by atoms with Crippen LogP contribution >= 0.6 is 0 Å². The lowest BCUT2D eigenvalue weighted by atomic mass is 9.73. The predicted molar refractivity (Wildman–Crippen MR) is 215 cm³/mol. The van der Waals surface area contributed by atoms with Crippen molar-refractivity contribution >= 4 is 23.1 Å². The minimum Gasteiger partial charge on any atom is -0.467 e. The molecule has 5 aromatic carbocycles. The molecule has 1 aromatic heterocycles. The highest BCUT2D eigenvalue weighted by molar-refractivity contribution is 5.97. The highest BCUT2D eigenvalue weighted by Gasteiger charge is 2.41. The summed E-state index contributed by atoms with van der Waals surface area (Å²) in [6.07, 6.45) is 1.75. The Balaban J connectivity index is 1.09. The first kappa shape index (κ1) is 33.2. The van der Waals surface area contributed by atoms with Gasteiger partial charge in [0.25, 0.3) is 0 Å². The molecule has 9 rings (SSSR count). The molecule has 0 fully saturated rings. The number of aromatic nitrogens is 1. The Morgan fingerprint density at radius 1 is 0.679 bits per heavy atom. The molecule has 1 aliphatic carbocycles. The summed E-state index contributed by atoms with van der Waals surface area (Å²) in [4.78, 5) is 12.5. The largest absolute Gasteiger partial charge is 0.467 e. The van der Waals surface area contributed by atoms with E-state index in [1.807, 2.05) is 6.20 Å². The lowest BCUT2D eigenvalue weighted by Gasteiger charge is -2.41. The normalized spacial score (nSPS) is 17.8. The average Bonchev–Trinajstić information content (AvgIpc) is 3.57. The molecular weight excluding hydrogens is 651 g/mol. The van der Waals surface area contributed by atoms with Gasteiger partial charge in [-0.3, -0.25) is 4.90 Å². The van der Waals surface area contributed by atoms with Crippen molar-refractivity contribution in [3.63, 3.8) is 0 Å². The molecule has 3 heterocycles. The Hall–Kier alpha value is -5.68. The minimum atomic E-state index is -0.220. The summed E-state index contributed by atoms with van der Waals surface area (Å²) in [6, 6.07) is 39.0. The number of fused-ring (bicyclic) bond motifs is 8. The van der Waals surface area contributed by atoms with Crippen molar-refractivity contribution in [2.45, 2.75) is 78.4 Å². The van der Waals surface area contributed by atoms with E-state index in [1.54, 1.807) is 0 Å². The molecule has 0 saturated carbocycles. The van der Waals surface area contributed by atoms with Crippen LogP contribution < -0.4 is 9.64 Å². The molecule has 0 radical (unpaired) electrons. The van der Waals surface area contributed by atoms with Crippen molar-refractivity contribution < 1.29 is 9.47 Å². The fraction of sp³-hybridized carbons (Fsp3) is 0.250. The number of aliphatic imine (C=N–C) groups is 1. The van der Waals surface area contributed by atoms with Gasteiger partial charge < -0.3 is 9.47 Å². The van der Waals surface area contributed by atoms with E-state index in [4.69, 9.17) is 19.5 Å². The molecule has 0 amide bonds. The predicted octanol–water partition coefficient (Wildman–Crippen LogP) is 12.4. The Morgan fingerprint density at radius 3 is 2.17 bits per heavy atom. The second-order valence-electron chi connectivity index (χ2n) is 16.5. The van der Waals surface area contributed by atoms with Gasteiger partial charge in [-0.1, -0.05) is 106 Å². The van der Waals surface area contributed by atoms with Crippen LogP contribution in [0.4, 0.5) is 17.2 Å². The zero-order valence-electron chi connectivity index (χ0n) is 31.8. The van der Waals surface area contributed by atoms with Gasteiger partial charge in [0.2, 0.25) is 5.90 Å². The van der Waals surface area contributed by atoms with Crippen molar-refractivity contribution in [3.8, 4) is 22.6 Å². The van der Waals surface area contributed by atoms with E-state index in [-0.39, 0.29) is 23.0 Å². The standard InChI is InChI=1S/C48H45N3O2/c1-28-13-16-35-37(23-28)38-24-29(2)14-17-36(38)45-44(35)50-46(53-45)31-21-30(3)22-34(25-31)52-33-15-18-40-42(27-33)51(41-12-10-9-11-39(41)48(40,7)8)43-26-32(19-20-49-43)47(4,5)6/h9-27,44-45H,1-8H3/t44-,45+/m1/s1. The van der Waals surface area contributed by atoms with Crippen LogP contribution in [0.5, 0.6) is 11.5 Å². The van der Waals surface area contributed by atoms with Crippen LogP contribution in [-0.4, -0.2) is 10.9 Å². The third-order valence-electron chi connectivity index (χ3n) is 11.2. The molecule has 0 N–H and O–H groups in total. The molecule has 5 heteroatoms. The summed E-state index contributed by atoms with van der Waals surface area (Å²) in [5, 5.41) is 0. The molecule has 2 atom stereocenters. The molecular formula is C48H45N3O2. The van der Waals surface area contributed by atoms with Crippen LogP contribution in [0, 0.1) is 20.8 Å². The molecule has 264 valence electrons. The summed E-state index contributed by atoms with van der Waals surface area (Å²) in [5.74, 6) is 3.03. The van der Waals surface area contributed by atoms with Crippen LogP contribution in [0.3, 0.4) is 0 Å². The van der Waals surface area contributed by atoms with Crippen LogP contribution in [0.25, 0.3) is 11.1 Å². The number of aryl methyl sites for hydroxylation is 3. The summed E-state index contributed by atoms with van der Waals surface area (Å²) in [5.41, 5.74) is 15.0. The van der Waals surface area contributed by atoms with E-state index in [0.29, 0.717) is 5.90 Å². The maximum atomic E-state index is 6.77. The number of hydrogen-bond acceptors (Lipinski definition) is 5. The molecule has 0 spiro atoms. The molecule has 3 aliphatic rings. The minimum absolute atomic E-state index is 0.0150. The maximum absolute atomic E-state index is 6.77. The van der Waals surface area contributed by atoms with Crippen molar-refractivity contribution in [2.24, 2.45) is 4.99 Å². The Morgan fingerprint density at radius 2 is 1.40 bits per heavy atom. The average molecular weight is 696 g/mol. The third-order valence-corrected chi connectivity index (χ3v) is 11.2. The molecule has 0 bridgehead atoms. The van der Waals surface area contributed by atoms with Crippen LogP contribution in [0.1, 0.15) is 96.8 Å². The Bertz CT molecular complexity index is 2490. The van der Waals surface area contributed by atoms with E-state index in [0.717, 1.165) is 39.8 Å². The summed E-state index contributed by atoms with van der Waals surface area (Å²) in [7, 11) is 0. The van der Waals surface area contributed by atoms with Crippen molar-refractivity contribution in [2.75, 3.05) is 4.90 Å². The van der Waals surface area contributed by atoms with Gasteiger partial charge in [0, 0.05) is 28.8 Å². The number of rotatable bonds is 4. The molecule has 6 aromatic rings. The lowest BCUT2D eigenvalue weighted by Crippen LogP contribution is -2.31. The number of nitrogens with zero attached hydrogens (tertiary/aromatic N) is 3. The van der Waals surface area contributed by atoms with E-state index >= 15 is 0 Å². The lowest BCUT2D eigenvalue weighted by molar-refractivity contribution is 0.195. The van der Waals surface area contributed by atoms with Crippen molar-refractivity contribution in [1.29, 1.82) is 0 Å². The summed E-state index contributed by atoms with van der Waals surface area (Å²) >= 11 is 0. The maximum Gasteiger partial charge on any atom is 0.217 e. The Kier molecular flexibility index (Phi) is 7.46. The van der Waals surface area contributed by atoms with E-state index in [9.17, 15) is 0 Å². The SMILES string of the molecule is Cc1cc(Oc2ccc3c(c2)N(c2cc(C(C)(C)C)ccn2)c2ccccc2C3(C)C)cc(C2=N[C@@H]3c4ccc(C)cc4-c4cc(C)ccc4[C@@H]3O2)c1. The number of anilines is 3. The second-order valence-corrected chi connectivity index (χ2v) is 16.5. The first-order valence-electron chi connectivity index (χ1n) is 18.6. The zero-order valence-corrected chi connectivity index (χ0v) is 31.8. The number of ether oxygens (including phenoxy) is 2. The fourth-order valence-corrected chi connectivity index (χ4v) is 8.41. The number of benzene rings is 5. The van der Waals surface area contributed by atoms with Gasteiger partial charge in [-0.15, -0.1) is 0 Å². The first-order chi connectivity index (χ1) is 25.3. The number of pyridine rings is 1. The van der Waals surface area contributed by atoms with Crippen molar-refractivity contribution in [1.82, 2.24) is 4.98 Å². The third kappa shape index (κ3) is 5.53. The summed E-state index contributed by atoms with van der Waals surface area (Å²) < 4.78 is 13.5. The van der Waals surface area contributed by atoms with Gasteiger partial charge >= 0.3 is 0 Å². The van der Waals surface area contributed by atoms with E-state index in [1.165, 1.54) is 50.1 Å². The smallest absolute Gasteiger partial charge is 0.217 e. The van der Waals surface area contributed by atoms with Gasteiger partial charge in [-0.2, -0.15) is 0 Å². The number of para-hydroxylation sites is 1. The first-order valence-corrected chi connectivity index (χ1v) is 18.6. The van der Waals surface area contributed by atoms with E-state index < -0.39 is 0 Å². The fourth-order valence-electron chi connectivity index (χ4n) is 8.41. The van der Waals surface area contributed by atoms with Gasteiger partial charge in [0.05, 0.1) is 11.4 Å². The van der Waals surface area contributed by atoms with Gasteiger partial charge in [0.15, 0.2) is 6.10 Å². The molecule has 5 nitrogen and oxygen atoms in total. The molecule has 0 saturated heterocycles.